The van der Waals surface area contributed by atoms with E-state index in [4.69, 9.17) is 24.9 Å². The van der Waals surface area contributed by atoms with E-state index in [-0.39, 0.29) is 5.78 Å². The van der Waals surface area contributed by atoms with Gasteiger partial charge in [0.15, 0.2) is 0 Å². The maximum Gasteiger partial charge on any atom is 0.215 e. The number of carbonyl (C=O) groups excluding carboxylic acids is 1. The highest BCUT2D eigenvalue weighted by Gasteiger charge is 2.27. The number of nitrogens with zero attached hydrogens (tertiary/aromatic N) is 2. The molecule has 3 aromatic heterocycles. The summed E-state index contributed by atoms with van der Waals surface area (Å²) < 4.78 is 18.1. The first kappa shape index (κ1) is 22.5. The number of hydrogen-bond donors (Lipinski definition) is 1. The summed E-state index contributed by atoms with van der Waals surface area (Å²) in [5, 5.41) is 2.68. The van der Waals surface area contributed by atoms with E-state index in [9.17, 15) is 4.79 Å². The smallest absolute Gasteiger partial charge is 0.215 e. The second-order valence-corrected chi connectivity index (χ2v) is 8.58. The number of benzene rings is 2. The Labute approximate surface area is 206 Å². The van der Waals surface area contributed by atoms with Crippen LogP contribution in [0.5, 0.6) is 17.2 Å². The lowest BCUT2D eigenvalue weighted by molar-refractivity contribution is 0.103. The predicted molar refractivity (Wildman–Crippen MR) is 138 cm³/mol. The fourth-order valence-electron chi connectivity index (χ4n) is 4.17. The van der Waals surface area contributed by atoms with Gasteiger partial charge in [0, 0.05) is 17.1 Å². The Balaban J connectivity index is 1.68. The van der Waals surface area contributed by atoms with E-state index in [1.54, 1.807) is 36.8 Å². The minimum atomic E-state index is -0.271. The van der Waals surface area contributed by atoms with Gasteiger partial charge in [-0.2, -0.15) is 0 Å². The van der Waals surface area contributed by atoms with Gasteiger partial charge >= 0.3 is 0 Å². The summed E-state index contributed by atoms with van der Waals surface area (Å²) in [4.78, 5) is 18.7. The fraction of sp³-hybridized carbons (Fsp3) is 0.111. The van der Waals surface area contributed by atoms with Crippen molar-refractivity contribution in [3.05, 3.63) is 83.5 Å². The molecule has 5 rings (SSSR count). The van der Waals surface area contributed by atoms with E-state index in [1.807, 2.05) is 54.0 Å². The van der Waals surface area contributed by atoms with Gasteiger partial charge in [-0.15, -0.1) is 11.3 Å². The molecule has 0 atom stereocenters. The summed E-state index contributed by atoms with van der Waals surface area (Å²) >= 11 is 1.46. The molecule has 2 N–H and O–H groups in total. The minimum Gasteiger partial charge on any atom is -0.497 e. The van der Waals surface area contributed by atoms with Crippen molar-refractivity contribution in [2.75, 3.05) is 27.1 Å². The van der Waals surface area contributed by atoms with Crippen molar-refractivity contribution in [2.24, 2.45) is 0 Å². The third-order valence-corrected chi connectivity index (χ3v) is 6.71. The summed E-state index contributed by atoms with van der Waals surface area (Å²) in [5.41, 5.74) is 10.9. The molecule has 2 aromatic carbocycles. The number of hydrogen-bond acceptors (Lipinski definition) is 7. The van der Waals surface area contributed by atoms with Crippen molar-refractivity contribution in [1.82, 2.24) is 9.38 Å². The topological polar surface area (TPSA) is 88.1 Å². The van der Waals surface area contributed by atoms with Crippen LogP contribution in [0.4, 0.5) is 5.69 Å². The van der Waals surface area contributed by atoms with Crippen molar-refractivity contribution in [1.29, 1.82) is 0 Å². The molecule has 0 radical (unpaired) electrons. The molecule has 0 aliphatic carbocycles. The molecule has 0 spiro atoms. The van der Waals surface area contributed by atoms with Crippen LogP contribution in [0.3, 0.4) is 0 Å². The third kappa shape index (κ3) is 3.77. The molecule has 0 amide bonds. The Hall–Kier alpha value is -4.30. The van der Waals surface area contributed by atoms with E-state index in [2.05, 4.69) is 0 Å². The monoisotopic (exact) mass is 485 g/mol. The standard InChI is InChI=1S/C27H23N3O4S/c1-32-16-11-12-22(34-3)18(14-16)26(31)25-24(28)23(20-9-6-7-13-30(20)25)27-29-19(15-35-27)17-8-4-5-10-21(17)33-2/h4-15H,28H2,1-3H3. The van der Waals surface area contributed by atoms with Crippen LogP contribution in [-0.4, -0.2) is 36.5 Å². The Morgan fingerprint density at radius 1 is 0.943 bits per heavy atom. The Morgan fingerprint density at radius 3 is 2.49 bits per heavy atom. The highest BCUT2D eigenvalue weighted by atomic mass is 32.1. The Bertz CT molecular complexity index is 1550. The zero-order chi connectivity index (χ0) is 24.5. The Kier molecular flexibility index (Phi) is 5.88. The summed E-state index contributed by atoms with van der Waals surface area (Å²) in [6, 6.07) is 18.5. The minimum absolute atomic E-state index is 0.271. The predicted octanol–water partition coefficient (Wildman–Crippen LogP) is 5.57. The van der Waals surface area contributed by atoms with E-state index in [0.29, 0.717) is 39.0 Å². The zero-order valence-corrected chi connectivity index (χ0v) is 20.3. The highest BCUT2D eigenvalue weighted by Crippen LogP contribution is 2.41. The van der Waals surface area contributed by atoms with Gasteiger partial charge in [0.25, 0.3) is 0 Å². The number of para-hydroxylation sites is 1. The van der Waals surface area contributed by atoms with Gasteiger partial charge in [-0.1, -0.05) is 18.2 Å². The molecule has 35 heavy (non-hydrogen) atoms. The Morgan fingerprint density at radius 2 is 1.71 bits per heavy atom. The molecule has 0 aliphatic heterocycles. The maximum atomic E-state index is 13.8. The molecule has 0 bridgehead atoms. The van der Waals surface area contributed by atoms with Crippen molar-refractivity contribution in [2.45, 2.75) is 0 Å². The molecule has 0 saturated heterocycles. The summed E-state index contributed by atoms with van der Waals surface area (Å²) in [6.45, 7) is 0. The quantitative estimate of drug-likeness (QED) is 0.303. The van der Waals surface area contributed by atoms with Crippen LogP contribution in [0, 0.1) is 0 Å². The number of methoxy groups -OCH3 is 3. The molecule has 7 nitrogen and oxygen atoms in total. The zero-order valence-electron chi connectivity index (χ0n) is 19.4. The lowest BCUT2D eigenvalue weighted by Crippen LogP contribution is -2.09. The van der Waals surface area contributed by atoms with Crippen molar-refractivity contribution in [3.8, 4) is 39.1 Å². The van der Waals surface area contributed by atoms with Crippen LogP contribution in [0.1, 0.15) is 16.1 Å². The normalized spacial score (nSPS) is 10.9. The van der Waals surface area contributed by atoms with Gasteiger partial charge in [-0.05, 0) is 42.5 Å². The van der Waals surface area contributed by atoms with Gasteiger partial charge in [-0.3, -0.25) is 4.79 Å². The van der Waals surface area contributed by atoms with Gasteiger partial charge in [0.05, 0.1) is 49.4 Å². The molecular weight excluding hydrogens is 462 g/mol. The van der Waals surface area contributed by atoms with E-state index < -0.39 is 0 Å². The molecule has 0 unspecified atom stereocenters. The number of nitrogens with two attached hydrogens (primary N) is 1. The number of nitrogen functional groups attached to an aromatic ring is 1. The second-order valence-electron chi connectivity index (χ2n) is 7.73. The molecular formula is C27H23N3O4S. The van der Waals surface area contributed by atoms with Crippen LogP contribution in [0.2, 0.25) is 0 Å². The molecule has 176 valence electrons. The van der Waals surface area contributed by atoms with Gasteiger partial charge in [0.1, 0.15) is 28.0 Å². The molecule has 8 heteroatoms. The summed E-state index contributed by atoms with van der Waals surface area (Å²) in [5.74, 6) is 1.46. The lowest BCUT2D eigenvalue weighted by Gasteiger charge is -2.10. The number of fused-ring (bicyclic) bond motifs is 1. The number of ketones is 1. The third-order valence-electron chi connectivity index (χ3n) is 5.85. The van der Waals surface area contributed by atoms with Crippen molar-refractivity contribution in [3.63, 3.8) is 0 Å². The van der Waals surface area contributed by atoms with E-state index >= 15 is 0 Å². The van der Waals surface area contributed by atoms with Crippen molar-refractivity contribution >= 4 is 28.3 Å². The number of anilines is 1. The molecule has 3 heterocycles. The number of aromatic nitrogens is 2. The number of rotatable bonds is 7. The first-order chi connectivity index (χ1) is 17.1. The van der Waals surface area contributed by atoms with Crippen LogP contribution < -0.4 is 19.9 Å². The molecule has 0 aliphatic rings. The number of thiazole rings is 1. The SMILES string of the molecule is COc1ccc(OC)c(C(=O)c2c(N)c(-c3nc(-c4ccccc4OC)cs3)c3ccccn23)c1. The van der Waals surface area contributed by atoms with Crippen LogP contribution in [-0.2, 0) is 0 Å². The van der Waals surface area contributed by atoms with Gasteiger partial charge in [0.2, 0.25) is 5.78 Å². The summed E-state index contributed by atoms with van der Waals surface area (Å²) in [7, 11) is 4.71. The highest BCUT2D eigenvalue weighted by molar-refractivity contribution is 7.13. The lowest BCUT2D eigenvalue weighted by atomic mass is 10.0. The van der Waals surface area contributed by atoms with Gasteiger partial charge in [-0.25, -0.2) is 4.98 Å². The number of carbonyl (C=O) groups is 1. The van der Waals surface area contributed by atoms with Crippen LogP contribution in [0.15, 0.2) is 72.2 Å². The average molecular weight is 486 g/mol. The van der Waals surface area contributed by atoms with E-state index in [0.717, 1.165) is 22.5 Å². The molecule has 0 fully saturated rings. The summed E-state index contributed by atoms with van der Waals surface area (Å²) in [6.07, 6.45) is 1.82. The number of ether oxygens (including phenoxy) is 3. The average Bonchev–Trinajstić information content (AvgIpc) is 3.49. The molecule has 5 aromatic rings. The second kappa shape index (κ2) is 9.15. The largest absolute Gasteiger partial charge is 0.497 e. The first-order valence-electron chi connectivity index (χ1n) is 10.8. The van der Waals surface area contributed by atoms with Gasteiger partial charge < -0.3 is 24.3 Å². The first-order valence-corrected chi connectivity index (χ1v) is 11.7. The van der Waals surface area contributed by atoms with Crippen molar-refractivity contribution < 1.29 is 19.0 Å². The van der Waals surface area contributed by atoms with E-state index in [1.165, 1.54) is 18.4 Å². The maximum absolute atomic E-state index is 13.8. The molecule has 0 saturated carbocycles. The fourth-order valence-corrected chi connectivity index (χ4v) is 5.06. The van der Waals surface area contributed by atoms with Crippen LogP contribution in [0.25, 0.3) is 27.3 Å². The number of pyridine rings is 1. The van der Waals surface area contributed by atoms with Crippen LogP contribution >= 0.6 is 11.3 Å².